The average Bonchev–Trinajstić information content (AvgIpc) is 2.71. The molecule has 2 rings (SSSR count). The number of aliphatic imine (C=N–C) groups is 1. The predicted octanol–water partition coefficient (Wildman–Crippen LogP) is 1.80. The lowest BCUT2D eigenvalue weighted by Gasteiger charge is -2.21. The number of hydrogen-bond acceptors (Lipinski definition) is 3. The lowest BCUT2D eigenvalue weighted by atomic mass is 9.94. The van der Waals surface area contributed by atoms with E-state index in [1.54, 1.807) is 0 Å². The molecule has 0 radical (unpaired) electrons. The van der Waals surface area contributed by atoms with Crippen molar-refractivity contribution in [1.29, 1.82) is 0 Å². The van der Waals surface area contributed by atoms with Crippen molar-refractivity contribution < 1.29 is 9.84 Å². The molecule has 1 heterocycles. The summed E-state index contributed by atoms with van der Waals surface area (Å²) in [4.78, 5) is 4.40. The van der Waals surface area contributed by atoms with Crippen molar-refractivity contribution in [2.75, 3.05) is 13.2 Å². The molecule has 3 nitrogen and oxygen atoms in total. The minimum atomic E-state index is -0.417. The number of aryl methyl sites for hydroxylation is 1. The van der Waals surface area contributed by atoms with Crippen LogP contribution < -0.4 is 0 Å². The van der Waals surface area contributed by atoms with Gasteiger partial charge in [0.2, 0.25) is 0 Å². The molecular formula is C13H17NO2. The van der Waals surface area contributed by atoms with Crippen LogP contribution in [0.1, 0.15) is 18.9 Å². The Kier molecular flexibility index (Phi) is 3.25. The first-order chi connectivity index (χ1) is 7.74. The van der Waals surface area contributed by atoms with Gasteiger partial charge in [0.1, 0.15) is 12.1 Å². The number of nitrogens with zero attached hydrogens (tertiary/aromatic N) is 1. The molecule has 3 heteroatoms. The third-order valence-corrected chi connectivity index (χ3v) is 2.96. The van der Waals surface area contributed by atoms with Crippen LogP contribution in [-0.2, 0) is 11.2 Å². The quantitative estimate of drug-likeness (QED) is 0.839. The van der Waals surface area contributed by atoms with E-state index >= 15 is 0 Å². The van der Waals surface area contributed by atoms with E-state index in [0.717, 1.165) is 12.8 Å². The van der Waals surface area contributed by atoms with E-state index in [-0.39, 0.29) is 6.61 Å². The van der Waals surface area contributed by atoms with Crippen LogP contribution in [0.15, 0.2) is 35.3 Å². The minimum absolute atomic E-state index is 0.0528. The van der Waals surface area contributed by atoms with Gasteiger partial charge in [-0.1, -0.05) is 30.3 Å². The van der Waals surface area contributed by atoms with Crippen molar-refractivity contribution in [3.63, 3.8) is 0 Å². The monoisotopic (exact) mass is 219 g/mol. The maximum absolute atomic E-state index is 9.43. The highest BCUT2D eigenvalue weighted by molar-refractivity contribution is 5.75. The van der Waals surface area contributed by atoms with Crippen LogP contribution in [0.2, 0.25) is 0 Å². The van der Waals surface area contributed by atoms with E-state index in [0.29, 0.717) is 12.5 Å². The summed E-state index contributed by atoms with van der Waals surface area (Å²) in [6, 6.07) is 10.3. The molecule has 0 bridgehead atoms. The molecule has 0 saturated carbocycles. The van der Waals surface area contributed by atoms with Crippen LogP contribution in [0.25, 0.3) is 0 Å². The lowest BCUT2D eigenvalue weighted by Crippen LogP contribution is -2.33. The average molecular weight is 219 g/mol. The van der Waals surface area contributed by atoms with Crippen molar-refractivity contribution in [3.8, 4) is 0 Å². The summed E-state index contributed by atoms with van der Waals surface area (Å²) in [7, 11) is 0. The van der Waals surface area contributed by atoms with Gasteiger partial charge in [-0.25, -0.2) is 4.99 Å². The van der Waals surface area contributed by atoms with Gasteiger partial charge in [0.15, 0.2) is 5.90 Å². The van der Waals surface area contributed by atoms with Crippen molar-refractivity contribution in [1.82, 2.24) is 0 Å². The highest BCUT2D eigenvalue weighted by atomic mass is 16.5. The largest absolute Gasteiger partial charge is 0.479 e. The second-order valence-electron chi connectivity index (χ2n) is 4.29. The van der Waals surface area contributed by atoms with E-state index in [2.05, 4.69) is 17.1 Å². The fraction of sp³-hybridized carbons (Fsp3) is 0.462. The summed E-state index contributed by atoms with van der Waals surface area (Å²) in [6.45, 7) is 2.39. The second kappa shape index (κ2) is 4.66. The van der Waals surface area contributed by atoms with Crippen molar-refractivity contribution in [3.05, 3.63) is 35.9 Å². The molecule has 0 saturated heterocycles. The Bertz CT molecular complexity index is 375. The van der Waals surface area contributed by atoms with Crippen LogP contribution in [0.3, 0.4) is 0 Å². The molecule has 86 valence electrons. The first kappa shape index (κ1) is 11.1. The van der Waals surface area contributed by atoms with Gasteiger partial charge >= 0.3 is 0 Å². The van der Waals surface area contributed by atoms with Gasteiger partial charge in [0, 0.05) is 6.92 Å². The number of rotatable bonds is 4. The zero-order valence-corrected chi connectivity index (χ0v) is 9.52. The lowest BCUT2D eigenvalue weighted by molar-refractivity contribution is 0.150. The smallest absolute Gasteiger partial charge is 0.180 e. The zero-order valence-electron chi connectivity index (χ0n) is 9.52. The summed E-state index contributed by atoms with van der Waals surface area (Å²) in [5.41, 5.74) is 0.856. The molecule has 16 heavy (non-hydrogen) atoms. The normalized spacial score (nSPS) is 24.0. The van der Waals surface area contributed by atoms with Gasteiger partial charge in [0.05, 0.1) is 6.61 Å². The number of hydrogen-bond donors (Lipinski definition) is 1. The summed E-state index contributed by atoms with van der Waals surface area (Å²) >= 11 is 0. The molecule has 0 fully saturated rings. The Morgan fingerprint density at radius 2 is 2.12 bits per heavy atom. The molecule has 1 aromatic carbocycles. The fourth-order valence-electron chi connectivity index (χ4n) is 1.95. The summed E-state index contributed by atoms with van der Waals surface area (Å²) in [5, 5.41) is 9.43. The third-order valence-electron chi connectivity index (χ3n) is 2.96. The van der Waals surface area contributed by atoms with Gasteiger partial charge in [-0.05, 0) is 18.4 Å². The van der Waals surface area contributed by atoms with Crippen LogP contribution in [-0.4, -0.2) is 29.8 Å². The van der Waals surface area contributed by atoms with Crippen LogP contribution >= 0.6 is 0 Å². The van der Waals surface area contributed by atoms with Gasteiger partial charge < -0.3 is 9.84 Å². The Morgan fingerprint density at radius 3 is 2.69 bits per heavy atom. The van der Waals surface area contributed by atoms with Gasteiger partial charge in [-0.15, -0.1) is 0 Å². The second-order valence-corrected chi connectivity index (χ2v) is 4.29. The predicted molar refractivity (Wildman–Crippen MR) is 63.6 cm³/mol. The molecule has 0 spiro atoms. The standard InChI is InChI=1S/C13H17NO2/c1-11-14-13(9-15,10-16-11)8-7-12-5-3-2-4-6-12/h2-6,15H,7-10H2,1H3. The van der Waals surface area contributed by atoms with Crippen molar-refractivity contribution in [2.45, 2.75) is 25.3 Å². The highest BCUT2D eigenvalue weighted by Gasteiger charge is 2.34. The Hall–Kier alpha value is -1.35. The molecule has 0 aromatic heterocycles. The fourth-order valence-corrected chi connectivity index (χ4v) is 1.95. The van der Waals surface area contributed by atoms with Gasteiger partial charge in [-0.3, -0.25) is 0 Å². The van der Waals surface area contributed by atoms with Crippen molar-refractivity contribution in [2.24, 2.45) is 4.99 Å². The van der Waals surface area contributed by atoms with Crippen LogP contribution in [0.5, 0.6) is 0 Å². The van der Waals surface area contributed by atoms with E-state index in [1.165, 1.54) is 5.56 Å². The van der Waals surface area contributed by atoms with E-state index < -0.39 is 5.54 Å². The molecule has 1 N–H and O–H groups in total. The number of benzene rings is 1. The summed E-state index contributed by atoms with van der Waals surface area (Å²) in [6.07, 6.45) is 1.74. The van der Waals surface area contributed by atoms with E-state index in [4.69, 9.17) is 4.74 Å². The molecule has 1 atom stereocenters. The topological polar surface area (TPSA) is 41.8 Å². The van der Waals surface area contributed by atoms with Crippen LogP contribution in [0.4, 0.5) is 0 Å². The first-order valence-electron chi connectivity index (χ1n) is 5.58. The Balaban J connectivity index is 1.99. The molecule has 1 unspecified atom stereocenters. The van der Waals surface area contributed by atoms with E-state index in [9.17, 15) is 5.11 Å². The first-order valence-corrected chi connectivity index (χ1v) is 5.58. The molecule has 0 amide bonds. The maximum atomic E-state index is 9.43. The molecule has 1 aliphatic rings. The molecule has 1 aliphatic heterocycles. The van der Waals surface area contributed by atoms with Gasteiger partial charge in [0.25, 0.3) is 0 Å². The zero-order chi connectivity index (χ0) is 11.4. The molecule has 1 aromatic rings. The maximum Gasteiger partial charge on any atom is 0.180 e. The van der Waals surface area contributed by atoms with Crippen LogP contribution in [0, 0.1) is 0 Å². The highest BCUT2D eigenvalue weighted by Crippen LogP contribution is 2.24. The van der Waals surface area contributed by atoms with E-state index in [1.807, 2.05) is 25.1 Å². The SMILES string of the molecule is CC1=NC(CO)(CCc2ccccc2)CO1. The molecular weight excluding hydrogens is 202 g/mol. The third kappa shape index (κ3) is 2.42. The summed E-state index contributed by atoms with van der Waals surface area (Å²) in [5.74, 6) is 0.683. The number of ether oxygens (including phenoxy) is 1. The minimum Gasteiger partial charge on any atom is -0.479 e. The Labute approximate surface area is 95.8 Å². The Morgan fingerprint density at radius 1 is 1.38 bits per heavy atom. The number of aliphatic hydroxyl groups is 1. The van der Waals surface area contributed by atoms with Crippen molar-refractivity contribution >= 4 is 5.90 Å². The summed E-state index contributed by atoms with van der Waals surface area (Å²) < 4.78 is 5.34. The number of aliphatic hydroxyl groups excluding tert-OH is 1. The van der Waals surface area contributed by atoms with Gasteiger partial charge in [-0.2, -0.15) is 0 Å². The molecule has 0 aliphatic carbocycles.